The summed E-state index contributed by atoms with van der Waals surface area (Å²) >= 11 is 0. The molecule has 1 fully saturated rings. The van der Waals surface area contributed by atoms with Gasteiger partial charge in [0.05, 0.1) is 13.0 Å². The first-order chi connectivity index (χ1) is 8.78. The lowest BCUT2D eigenvalue weighted by Crippen LogP contribution is -2.42. The molecule has 19 heavy (non-hydrogen) atoms. The van der Waals surface area contributed by atoms with E-state index in [9.17, 15) is 14.4 Å². The molecule has 7 nitrogen and oxygen atoms in total. The number of hydrogen-bond acceptors (Lipinski definition) is 5. The molecule has 0 radical (unpaired) electrons. The Morgan fingerprint density at radius 2 is 2.05 bits per heavy atom. The molecule has 0 aromatic heterocycles. The summed E-state index contributed by atoms with van der Waals surface area (Å²) in [6.45, 7) is 5.93. The molecule has 0 aromatic carbocycles. The second kappa shape index (κ2) is 6.40. The topological polar surface area (TPSA) is 84.9 Å². The van der Waals surface area contributed by atoms with E-state index in [1.165, 1.54) is 4.90 Å². The average molecular weight is 272 g/mol. The third-order valence-electron chi connectivity index (χ3n) is 2.35. The van der Waals surface area contributed by atoms with Crippen molar-refractivity contribution in [3.05, 3.63) is 0 Å². The van der Waals surface area contributed by atoms with Crippen LogP contribution in [0.25, 0.3) is 0 Å². The van der Waals surface area contributed by atoms with Crippen LogP contribution in [0.2, 0.25) is 0 Å². The Hall–Kier alpha value is -1.79. The highest BCUT2D eigenvalue weighted by atomic mass is 16.6. The number of nitrogens with zero attached hydrogens (tertiary/aromatic N) is 1. The van der Waals surface area contributed by atoms with Crippen LogP contribution in [0.15, 0.2) is 0 Å². The molecule has 1 N–H and O–H groups in total. The maximum atomic E-state index is 11.8. The standard InChI is InChI=1S/C12H20N2O5/c1-12(2,3)19-11(17)13-8-9(15)14-5-4-10(16)18-7-6-14/h4-8H2,1-3H3,(H,13,17). The molecule has 108 valence electrons. The second-order valence-corrected chi connectivity index (χ2v) is 5.21. The van der Waals surface area contributed by atoms with E-state index in [1.807, 2.05) is 0 Å². The van der Waals surface area contributed by atoms with Crippen molar-refractivity contribution in [1.29, 1.82) is 0 Å². The second-order valence-electron chi connectivity index (χ2n) is 5.21. The third kappa shape index (κ3) is 6.08. The average Bonchev–Trinajstić information content (AvgIpc) is 2.48. The van der Waals surface area contributed by atoms with Crippen molar-refractivity contribution >= 4 is 18.0 Å². The lowest BCUT2D eigenvalue weighted by molar-refractivity contribution is -0.142. The first-order valence-electron chi connectivity index (χ1n) is 6.18. The predicted molar refractivity (Wildman–Crippen MR) is 66.4 cm³/mol. The van der Waals surface area contributed by atoms with Gasteiger partial charge in [-0.2, -0.15) is 0 Å². The SMILES string of the molecule is CC(C)(C)OC(=O)NCC(=O)N1CCOC(=O)CC1. The zero-order valence-electron chi connectivity index (χ0n) is 11.5. The number of amides is 2. The van der Waals surface area contributed by atoms with Gasteiger partial charge < -0.3 is 19.7 Å². The molecule has 1 aliphatic rings. The van der Waals surface area contributed by atoms with Crippen LogP contribution in [0.1, 0.15) is 27.2 Å². The summed E-state index contributed by atoms with van der Waals surface area (Å²) in [6, 6.07) is 0. The number of nitrogens with one attached hydrogen (secondary N) is 1. The fraction of sp³-hybridized carbons (Fsp3) is 0.750. The highest BCUT2D eigenvalue weighted by Crippen LogP contribution is 2.06. The molecule has 2 amide bonds. The van der Waals surface area contributed by atoms with E-state index in [0.29, 0.717) is 13.1 Å². The number of alkyl carbamates (subject to hydrolysis) is 1. The quantitative estimate of drug-likeness (QED) is 0.730. The first kappa shape index (κ1) is 15.3. The van der Waals surface area contributed by atoms with Gasteiger partial charge in [-0.3, -0.25) is 9.59 Å². The van der Waals surface area contributed by atoms with Gasteiger partial charge in [-0.1, -0.05) is 0 Å². The number of carbonyl (C=O) groups excluding carboxylic acids is 3. The summed E-state index contributed by atoms with van der Waals surface area (Å²) in [5, 5.41) is 2.39. The molecule has 7 heteroatoms. The van der Waals surface area contributed by atoms with Gasteiger partial charge >= 0.3 is 12.1 Å². The van der Waals surface area contributed by atoms with Gasteiger partial charge in [-0.25, -0.2) is 4.79 Å². The van der Waals surface area contributed by atoms with E-state index in [2.05, 4.69) is 5.32 Å². The van der Waals surface area contributed by atoms with Crippen LogP contribution in [0.4, 0.5) is 4.79 Å². The van der Waals surface area contributed by atoms with Gasteiger partial charge in [0.25, 0.3) is 0 Å². The Morgan fingerprint density at radius 3 is 2.68 bits per heavy atom. The van der Waals surface area contributed by atoms with E-state index in [0.717, 1.165) is 0 Å². The fourth-order valence-electron chi connectivity index (χ4n) is 1.50. The van der Waals surface area contributed by atoms with E-state index in [1.54, 1.807) is 20.8 Å². The van der Waals surface area contributed by atoms with Crippen molar-refractivity contribution in [2.45, 2.75) is 32.8 Å². The minimum atomic E-state index is -0.636. The molecule has 1 saturated heterocycles. The molecule has 0 aromatic rings. The normalized spacial score (nSPS) is 16.4. The number of cyclic esters (lactones) is 1. The summed E-state index contributed by atoms with van der Waals surface area (Å²) in [5.74, 6) is -0.570. The minimum Gasteiger partial charge on any atom is -0.464 e. The molecule has 1 aliphatic heterocycles. The molecule has 0 saturated carbocycles. The van der Waals surface area contributed by atoms with Crippen molar-refractivity contribution in [2.75, 3.05) is 26.2 Å². The Balaban J connectivity index is 2.34. The molecule has 0 bridgehead atoms. The van der Waals surface area contributed by atoms with Gasteiger partial charge in [0.15, 0.2) is 0 Å². The summed E-state index contributed by atoms with van der Waals surface area (Å²) in [7, 11) is 0. The summed E-state index contributed by atoms with van der Waals surface area (Å²) in [5.41, 5.74) is -0.601. The van der Waals surface area contributed by atoms with Crippen molar-refractivity contribution in [3.63, 3.8) is 0 Å². The minimum absolute atomic E-state index is 0.150. The Labute approximate surface area is 112 Å². The summed E-state index contributed by atoms with van der Waals surface area (Å²) < 4.78 is 9.85. The van der Waals surface area contributed by atoms with Gasteiger partial charge in [0, 0.05) is 6.54 Å². The maximum absolute atomic E-state index is 11.8. The molecular formula is C12H20N2O5. The van der Waals surface area contributed by atoms with Crippen LogP contribution >= 0.6 is 0 Å². The lowest BCUT2D eigenvalue weighted by atomic mass is 10.2. The highest BCUT2D eigenvalue weighted by Gasteiger charge is 2.21. The number of esters is 1. The smallest absolute Gasteiger partial charge is 0.408 e. The van der Waals surface area contributed by atoms with Crippen LogP contribution < -0.4 is 5.32 Å². The molecule has 0 atom stereocenters. The Kier molecular flexibility index (Phi) is 5.14. The maximum Gasteiger partial charge on any atom is 0.408 e. The van der Waals surface area contributed by atoms with Gasteiger partial charge in [-0.05, 0) is 20.8 Å². The third-order valence-corrected chi connectivity index (χ3v) is 2.35. The van der Waals surface area contributed by atoms with Gasteiger partial charge in [0.1, 0.15) is 18.8 Å². The van der Waals surface area contributed by atoms with Crippen molar-refractivity contribution < 1.29 is 23.9 Å². The van der Waals surface area contributed by atoms with Crippen molar-refractivity contribution in [2.24, 2.45) is 0 Å². The zero-order valence-corrected chi connectivity index (χ0v) is 11.5. The fourth-order valence-corrected chi connectivity index (χ4v) is 1.50. The van der Waals surface area contributed by atoms with Crippen LogP contribution in [-0.2, 0) is 19.1 Å². The van der Waals surface area contributed by atoms with E-state index in [4.69, 9.17) is 9.47 Å². The molecular weight excluding hydrogens is 252 g/mol. The number of ether oxygens (including phenoxy) is 2. The number of carbonyl (C=O) groups is 3. The van der Waals surface area contributed by atoms with Crippen LogP contribution in [0.3, 0.4) is 0 Å². The molecule has 1 rings (SSSR count). The Morgan fingerprint density at radius 1 is 1.37 bits per heavy atom. The molecule has 0 unspecified atom stereocenters. The predicted octanol–water partition coefficient (Wildman–Crippen LogP) is 0.287. The zero-order chi connectivity index (χ0) is 14.5. The highest BCUT2D eigenvalue weighted by molar-refractivity contribution is 5.83. The number of rotatable bonds is 2. The van der Waals surface area contributed by atoms with Crippen molar-refractivity contribution in [1.82, 2.24) is 10.2 Å². The lowest BCUT2D eigenvalue weighted by Gasteiger charge is -2.21. The summed E-state index contributed by atoms with van der Waals surface area (Å²) in [6.07, 6.45) is -0.457. The molecule has 1 heterocycles. The van der Waals surface area contributed by atoms with E-state index < -0.39 is 11.7 Å². The van der Waals surface area contributed by atoms with Gasteiger partial charge in [0.2, 0.25) is 5.91 Å². The van der Waals surface area contributed by atoms with Crippen molar-refractivity contribution in [3.8, 4) is 0 Å². The van der Waals surface area contributed by atoms with Crippen LogP contribution in [0, 0.1) is 0 Å². The largest absolute Gasteiger partial charge is 0.464 e. The molecule has 0 spiro atoms. The van der Waals surface area contributed by atoms with Gasteiger partial charge in [-0.15, -0.1) is 0 Å². The first-order valence-corrected chi connectivity index (χ1v) is 6.18. The molecule has 0 aliphatic carbocycles. The Bertz CT molecular complexity index is 362. The van der Waals surface area contributed by atoms with Crippen LogP contribution in [-0.4, -0.2) is 54.7 Å². The van der Waals surface area contributed by atoms with Crippen LogP contribution in [0.5, 0.6) is 0 Å². The summed E-state index contributed by atoms with van der Waals surface area (Å²) in [4.78, 5) is 35.7. The van der Waals surface area contributed by atoms with E-state index >= 15 is 0 Å². The van der Waals surface area contributed by atoms with E-state index in [-0.39, 0.29) is 31.4 Å². The monoisotopic (exact) mass is 272 g/mol. The number of hydrogen-bond donors (Lipinski definition) is 1.